The maximum atomic E-state index is 14.2. The van der Waals surface area contributed by atoms with E-state index in [2.05, 4.69) is 0 Å². The molecular formula is C39H50O24. The Kier molecular flexibility index (Phi) is 14.1. The molecule has 4 aliphatic rings. The number of phenols is 2. The predicted molar refractivity (Wildman–Crippen MR) is 202 cm³/mol. The molecule has 63 heavy (non-hydrogen) atoms. The molecule has 2 aromatic carbocycles. The average Bonchev–Trinajstić information content (AvgIpc) is 3.25. The van der Waals surface area contributed by atoms with E-state index in [9.17, 15) is 76.3 Å². The summed E-state index contributed by atoms with van der Waals surface area (Å²) in [7, 11) is 0. The molecule has 0 unspecified atom stereocenters. The molecule has 4 fully saturated rings. The molecule has 3 aromatic rings. The summed E-state index contributed by atoms with van der Waals surface area (Å²) in [6, 6.07) is 7.21. The van der Waals surface area contributed by atoms with Crippen molar-refractivity contribution in [3.63, 3.8) is 0 Å². The highest BCUT2D eigenvalue weighted by atomic mass is 16.8. The lowest BCUT2D eigenvalue weighted by molar-refractivity contribution is -0.369. The van der Waals surface area contributed by atoms with Crippen LogP contribution in [0, 0.1) is 0 Å². The summed E-state index contributed by atoms with van der Waals surface area (Å²) in [4.78, 5) is 14.2. The summed E-state index contributed by atoms with van der Waals surface area (Å²) >= 11 is 0. The van der Waals surface area contributed by atoms with Crippen molar-refractivity contribution in [2.75, 3.05) is 13.2 Å². The van der Waals surface area contributed by atoms with E-state index in [1.807, 2.05) is 0 Å². The van der Waals surface area contributed by atoms with Crippen molar-refractivity contribution in [1.82, 2.24) is 0 Å². The molecule has 0 amide bonds. The Morgan fingerprint density at radius 1 is 0.587 bits per heavy atom. The van der Waals surface area contributed by atoms with Crippen LogP contribution in [-0.4, -0.2) is 208 Å². The van der Waals surface area contributed by atoms with E-state index in [0.717, 1.165) is 12.1 Å². The number of aliphatic hydroxyl groups is 12. The number of phenolic OH excluding ortho intramolecular Hbond substituents is 2. The number of hydrogen-bond acceptors (Lipinski definition) is 24. The molecule has 1 aromatic heterocycles. The first-order valence-electron chi connectivity index (χ1n) is 19.8. The van der Waals surface area contributed by atoms with Crippen molar-refractivity contribution in [2.45, 2.75) is 137 Å². The highest BCUT2D eigenvalue weighted by Gasteiger charge is 2.52. The minimum atomic E-state index is -2.08. The smallest absolute Gasteiger partial charge is 0.239 e. The van der Waals surface area contributed by atoms with Crippen molar-refractivity contribution >= 4 is 11.0 Å². The third kappa shape index (κ3) is 9.19. The number of hydrogen-bond donors (Lipinski definition) is 14. The van der Waals surface area contributed by atoms with Gasteiger partial charge in [-0.15, -0.1) is 0 Å². The van der Waals surface area contributed by atoms with E-state index in [1.54, 1.807) is 0 Å². The Morgan fingerprint density at radius 2 is 1.13 bits per heavy atom. The van der Waals surface area contributed by atoms with Gasteiger partial charge in [0.15, 0.2) is 18.3 Å². The van der Waals surface area contributed by atoms with Crippen LogP contribution in [-0.2, 0) is 28.4 Å². The number of fused-ring (bicyclic) bond motifs is 1. The van der Waals surface area contributed by atoms with E-state index < -0.39 is 158 Å². The summed E-state index contributed by atoms with van der Waals surface area (Å²) in [5.74, 6) is -2.25. The zero-order valence-electron chi connectivity index (χ0n) is 33.3. The van der Waals surface area contributed by atoms with Crippen LogP contribution in [0.5, 0.6) is 23.0 Å². The molecule has 0 aliphatic carbocycles. The summed E-state index contributed by atoms with van der Waals surface area (Å²) in [5.41, 5.74) is -1.31. The molecule has 24 nitrogen and oxygen atoms in total. The second kappa shape index (κ2) is 18.9. The lowest BCUT2D eigenvalue weighted by atomic mass is 9.97. The fraction of sp³-hybridized carbons (Fsp3) is 0.615. The van der Waals surface area contributed by atoms with E-state index in [4.69, 9.17) is 42.3 Å². The first-order chi connectivity index (χ1) is 29.8. The zero-order chi connectivity index (χ0) is 45.8. The molecule has 0 spiro atoms. The van der Waals surface area contributed by atoms with Crippen LogP contribution in [0.25, 0.3) is 22.3 Å². The third-order valence-corrected chi connectivity index (χ3v) is 11.3. The number of ether oxygens (including phenoxy) is 8. The fourth-order valence-electron chi connectivity index (χ4n) is 7.55. The van der Waals surface area contributed by atoms with Crippen molar-refractivity contribution < 1.29 is 114 Å². The molecule has 20 atom stereocenters. The molecule has 4 aliphatic heterocycles. The third-order valence-electron chi connectivity index (χ3n) is 11.3. The molecular weight excluding hydrogens is 852 g/mol. The summed E-state index contributed by atoms with van der Waals surface area (Å²) < 4.78 is 51.4. The quantitative estimate of drug-likeness (QED) is 0.0856. The van der Waals surface area contributed by atoms with Crippen LogP contribution in [0.15, 0.2) is 45.6 Å². The number of aromatic hydroxyl groups is 2. The topological polar surface area (TPSA) is 387 Å². The molecule has 7 rings (SSSR count). The second-order valence-electron chi connectivity index (χ2n) is 15.7. The standard InChI is InChI=1S/C39H50O24/c1-11-21(43)26(48)30(52)36(56-11)58-15-7-16(42)20-17(8-15)59-33(13-3-5-14(41)6-4-13)34(25(20)47)62-38-32(54)28(50)24(46)19(61-38)10-55-39-35(29(51)22(44)12(2)57-39)63-37-31(53)27(49)23(45)18(9-40)60-37/h3-8,11-12,18-19,21-24,26-32,35-46,48-54H,9-10H2,1-2H3/t11-,12-,18+,19+,21-,22-,23+,24-,26+,27-,28-,29+,30+,31+,32+,35+,36-,37-,38-,39+/m0/s1. The Morgan fingerprint density at radius 3 is 1.76 bits per heavy atom. The fourth-order valence-corrected chi connectivity index (χ4v) is 7.55. The van der Waals surface area contributed by atoms with E-state index >= 15 is 0 Å². The molecule has 4 saturated heterocycles. The van der Waals surface area contributed by atoms with Crippen molar-refractivity contribution in [1.29, 1.82) is 0 Å². The molecule has 5 heterocycles. The minimum absolute atomic E-state index is 0.0881. The minimum Gasteiger partial charge on any atom is -0.508 e. The van der Waals surface area contributed by atoms with Gasteiger partial charge in [0.25, 0.3) is 0 Å². The first-order valence-corrected chi connectivity index (χ1v) is 19.8. The van der Waals surface area contributed by atoms with Gasteiger partial charge in [0.05, 0.1) is 25.4 Å². The summed E-state index contributed by atoms with van der Waals surface area (Å²) in [5, 5.41) is 146. The van der Waals surface area contributed by atoms with E-state index in [1.165, 1.54) is 38.1 Å². The first kappa shape index (κ1) is 47.1. The molecule has 0 bridgehead atoms. The monoisotopic (exact) mass is 902 g/mol. The van der Waals surface area contributed by atoms with E-state index in [0.29, 0.717) is 0 Å². The van der Waals surface area contributed by atoms with Gasteiger partial charge in [-0.05, 0) is 38.1 Å². The van der Waals surface area contributed by atoms with Crippen LogP contribution >= 0.6 is 0 Å². The van der Waals surface area contributed by atoms with Gasteiger partial charge in [0.1, 0.15) is 114 Å². The van der Waals surface area contributed by atoms with Gasteiger partial charge >= 0.3 is 0 Å². The van der Waals surface area contributed by atoms with Crippen LogP contribution < -0.4 is 14.9 Å². The number of aliphatic hydroxyl groups excluding tert-OH is 12. The number of benzene rings is 2. The molecule has 350 valence electrons. The molecule has 14 N–H and O–H groups in total. The van der Waals surface area contributed by atoms with Gasteiger partial charge in [-0.25, -0.2) is 0 Å². The van der Waals surface area contributed by atoms with Crippen molar-refractivity contribution in [2.24, 2.45) is 0 Å². The Bertz CT molecular complexity index is 2080. The Labute approximate surface area is 355 Å². The van der Waals surface area contributed by atoms with Gasteiger partial charge in [-0.2, -0.15) is 0 Å². The average molecular weight is 903 g/mol. The van der Waals surface area contributed by atoms with Crippen molar-refractivity contribution in [3.05, 3.63) is 46.6 Å². The Balaban J connectivity index is 1.15. The number of rotatable bonds is 11. The molecule has 24 heteroatoms. The van der Waals surface area contributed by atoms with Gasteiger partial charge in [-0.3, -0.25) is 4.79 Å². The van der Waals surface area contributed by atoms with Gasteiger partial charge in [0.2, 0.25) is 23.8 Å². The lowest BCUT2D eigenvalue weighted by Gasteiger charge is -2.46. The van der Waals surface area contributed by atoms with Crippen LogP contribution in [0.4, 0.5) is 0 Å². The lowest BCUT2D eigenvalue weighted by Crippen LogP contribution is -2.64. The highest BCUT2D eigenvalue weighted by molar-refractivity contribution is 5.88. The maximum absolute atomic E-state index is 14.2. The van der Waals surface area contributed by atoms with Crippen molar-refractivity contribution in [3.8, 4) is 34.3 Å². The van der Waals surface area contributed by atoms with Crippen LogP contribution in [0.2, 0.25) is 0 Å². The second-order valence-corrected chi connectivity index (χ2v) is 15.7. The summed E-state index contributed by atoms with van der Waals surface area (Å²) in [6.07, 6.45) is -33.8. The van der Waals surface area contributed by atoms with Gasteiger partial charge < -0.3 is 114 Å². The largest absolute Gasteiger partial charge is 0.508 e. The SMILES string of the molecule is C[C@@H]1O[C@@H](Oc2cc(O)c3c(=O)c(O[C@@H]4O[C@H](CO[C@@H]5O[C@@H](C)[C@H](O)[C@@H](O)[C@H]5O[C@@H]5O[C@H](CO)[C@@H](O)[C@H](O)[C@H]5O)[C@H](O)[C@H](O)[C@H]4O)c(-c4ccc(O)cc4)oc3c2)[C@H](O)[C@H](O)[C@H]1O. The normalized spacial score (nSPS) is 41.0. The van der Waals surface area contributed by atoms with Gasteiger partial charge in [-0.1, -0.05) is 0 Å². The molecule has 0 radical (unpaired) electrons. The summed E-state index contributed by atoms with van der Waals surface area (Å²) in [6.45, 7) is 1.22. The Hall–Kier alpha value is -3.87. The van der Waals surface area contributed by atoms with Crippen LogP contribution in [0.3, 0.4) is 0 Å². The molecule has 0 saturated carbocycles. The van der Waals surface area contributed by atoms with Gasteiger partial charge in [0, 0.05) is 17.7 Å². The highest BCUT2D eigenvalue weighted by Crippen LogP contribution is 2.39. The maximum Gasteiger partial charge on any atom is 0.239 e. The van der Waals surface area contributed by atoms with Crippen LogP contribution in [0.1, 0.15) is 13.8 Å². The predicted octanol–water partition coefficient (Wildman–Crippen LogP) is -5.07. The zero-order valence-corrected chi connectivity index (χ0v) is 33.3. The van der Waals surface area contributed by atoms with E-state index in [-0.39, 0.29) is 28.4 Å².